The zero-order valence-corrected chi connectivity index (χ0v) is 32.2. The zero-order chi connectivity index (χ0) is 38.0. The summed E-state index contributed by atoms with van der Waals surface area (Å²) in [6.45, 7) is 10.7. The first-order valence-corrected chi connectivity index (χ1v) is 18.9. The predicted octanol–water partition coefficient (Wildman–Crippen LogP) is 10.3. The van der Waals surface area contributed by atoms with E-state index in [-0.39, 0.29) is 17.5 Å². The lowest BCUT2D eigenvalue weighted by Gasteiger charge is -2.34. The average molecular weight is 769 g/mol. The van der Waals surface area contributed by atoms with Crippen LogP contribution in [0.15, 0.2) is 103 Å². The van der Waals surface area contributed by atoms with Gasteiger partial charge in [-0.2, -0.15) is 0 Å². The molecule has 2 heterocycles. The molecule has 0 radical (unpaired) electrons. The molecule has 54 heavy (non-hydrogen) atoms. The molecule has 10 heteroatoms. The highest BCUT2D eigenvalue weighted by molar-refractivity contribution is 6.32. The number of aromatic nitrogens is 1. The van der Waals surface area contributed by atoms with Crippen LogP contribution >= 0.6 is 23.2 Å². The minimum absolute atomic E-state index is 0.00903. The van der Waals surface area contributed by atoms with Crippen molar-refractivity contribution in [3.8, 4) is 23.1 Å². The van der Waals surface area contributed by atoms with Gasteiger partial charge in [0.1, 0.15) is 23.9 Å². The zero-order valence-electron chi connectivity index (χ0n) is 30.7. The minimum Gasteiger partial charge on any atom is -0.493 e. The van der Waals surface area contributed by atoms with Crippen molar-refractivity contribution in [2.75, 3.05) is 32.8 Å². The maximum atomic E-state index is 14.2. The number of rotatable bonds is 14. The standard InChI is InChI=1S/C44H44Cl2FN3O4/c1-30(2)35-12-14-37(15-13-35)52-24-19-32-7-9-33(10-8-32)28-49-20-22-50(23-21-49)42(51)18-11-34-25-31(3)44(40(46)26-34)54-41-17-16-38(27-48-41)53-29-36-5-4-6-39(45)43(36)47/h4-18,25-27,30H,19-24,28-29H2,1-3H3. The van der Waals surface area contributed by atoms with Crippen LogP contribution < -0.4 is 14.2 Å². The van der Waals surface area contributed by atoms with Crippen molar-refractivity contribution in [2.45, 2.75) is 46.3 Å². The lowest BCUT2D eigenvalue weighted by Crippen LogP contribution is -2.47. The van der Waals surface area contributed by atoms with E-state index in [2.05, 4.69) is 60.1 Å². The molecule has 4 aromatic carbocycles. The second kappa shape index (κ2) is 18.4. The molecule has 280 valence electrons. The minimum atomic E-state index is -0.506. The molecule has 7 nitrogen and oxygen atoms in total. The summed E-state index contributed by atoms with van der Waals surface area (Å²) in [6.07, 6.45) is 5.72. The quantitative estimate of drug-likeness (QED) is 0.105. The molecule has 1 aliphatic heterocycles. The average Bonchev–Trinajstić information content (AvgIpc) is 3.17. The molecular weight excluding hydrogens is 724 g/mol. The fourth-order valence-corrected chi connectivity index (χ4v) is 6.63. The Kier molecular flexibility index (Phi) is 13.3. The van der Waals surface area contributed by atoms with Gasteiger partial charge in [0, 0.05) is 56.9 Å². The van der Waals surface area contributed by atoms with E-state index < -0.39 is 5.82 Å². The maximum Gasteiger partial charge on any atom is 0.246 e. The molecule has 5 aromatic rings. The number of piperazine rings is 1. The van der Waals surface area contributed by atoms with Crippen LogP contribution in [-0.2, 0) is 24.4 Å². The Hall–Kier alpha value is -4.89. The highest BCUT2D eigenvalue weighted by atomic mass is 35.5. The molecular formula is C44H44Cl2FN3O4. The monoisotopic (exact) mass is 767 g/mol. The summed E-state index contributed by atoms with van der Waals surface area (Å²) in [5.74, 6) is 2.11. The third kappa shape index (κ3) is 10.6. The van der Waals surface area contributed by atoms with Crippen LogP contribution in [0.4, 0.5) is 4.39 Å². The smallest absolute Gasteiger partial charge is 0.246 e. The fourth-order valence-electron chi connectivity index (χ4n) is 6.13. The largest absolute Gasteiger partial charge is 0.493 e. The molecule has 0 saturated carbocycles. The van der Waals surface area contributed by atoms with E-state index in [9.17, 15) is 9.18 Å². The number of carbonyl (C=O) groups excluding carboxylic acids is 1. The molecule has 1 fully saturated rings. The molecule has 0 spiro atoms. The van der Waals surface area contributed by atoms with Gasteiger partial charge < -0.3 is 19.1 Å². The lowest BCUT2D eigenvalue weighted by molar-refractivity contribution is -0.127. The van der Waals surface area contributed by atoms with Crippen LogP contribution in [0.5, 0.6) is 23.1 Å². The Balaban J connectivity index is 0.927. The van der Waals surface area contributed by atoms with Gasteiger partial charge in [0.2, 0.25) is 11.8 Å². The van der Waals surface area contributed by atoms with Crippen LogP contribution in [0.25, 0.3) is 6.08 Å². The molecule has 6 rings (SSSR count). The summed E-state index contributed by atoms with van der Waals surface area (Å²) in [7, 11) is 0. The first kappa shape index (κ1) is 38.8. The first-order valence-electron chi connectivity index (χ1n) is 18.1. The Bertz CT molecular complexity index is 2020. The van der Waals surface area contributed by atoms with Crippen molar-refractivity contribution >= 4 is 35.2 Å². The molecule has 0 aliphatic carbocycles. The van der Waals surface area contributed by atoms with Crippen LogP contribution in [-0.4, -0.2) is 53.5 Å². The van der Waals surface area contributed by atoms with Gasteiger partial charge in [-0.3, -0.25) is 9.69 Å². The predicted molar refractivity (Wildman–Crippen MR) is 213 cm³/mol. The number of nitrogens with zero attached hydrogens (tertiary/aromatic N) is 3. The molecule has 1 amide bonds. The number of aryl methyl sites for hydroxylation is 1. The number of benzene rings is 4. The van der Waals surface area contributed by atoms with Gasteiger partial charge in [-0.15, -0.1) is 0 Å². The van der Waals surface area contributed by atoms with E-state index >= 15 is 0 Å². The molecule has 1 aliphatic rings. The van der Waals surface area contributed by atoms with Crippen molar-refractivity contribution in [3.63, 3.8) is 0 Å². The van der Waals surface area contributed by atoms with Crippen molar-refractivity contribution in [1.82, 2.24) is 14.8 Å². The molecule has 0 bridgehead atoms. The van der Waals surface area contributed by atoms with Gasteiger partial charge in [-0.1, -0.05) is 85.6 Å². The molecule has 1 aromatic heterocycles. The first-order chi connectivity index (χ1) is 26.1. The molecule has 0 unspecified atom stereocenters. The molecule has 0 atom stereocenters. The lowest BCUT2D eigenvalue weighted by atomic mass is 10.0. The highest BCUT2D eigenvalue weighted by Gasteiger charge is 2.20. The Morgan fingerprint density at radius 3 is 2.28 bits per heavy atom. The van der Waals surface area contributed by atoms with Crippen LogP contribution in [0.2, 0.25) is 10.0 Å². The van der Waals surface area contributed by atoms with Gasteiger partial charge in [-0.25, -0.2) is 9.37 Å². The number of hydrogen-bond acceptors (Lipinski definition) is 6. The number of amides is 1. The van der Waals surface area contributed by atoms with E-state index in [0.717, 1.165) is 42.9 Å². The second-order valence-corrected chi connectivity index (χ2v) is 14.5. The number of ether oxygens (including phenoxy) is 3. The van der Waals surface area contributed by atoms with Gasteiger partial charge >= 0.3 is 0 Å². The molecule has 0 N–H and O–H groups in total. The van der Waals surface area contributed by atoms with Gasteiger partial charge in [0.15, 0.2) is 5.75 Å². The normalized spacial score (nSPS) is 13.4. The van der Waals surface area contributed by atoms with Crippen molar-refractivity contribution < 1.29 is 23.4 Å². The number of halogens is 3. The van der Waals surface area contributed by atoms with Crippen molar-refractivity contribution in [1.29, 1.82) is 0 Å². The van der Waals surface area contributed by atoms with Gasteiger partial charge in [0.05, 0.1) is 22.8 Å². The fraction of sp³-hybridized carbons (Fsp3) is 0.273. The number of pyridine rings is 1. The summed E-state index contributed by atoms with van der Waals surface area (Å²) >= 11 is 12.5. The van der Waals surface area contributed by atoms with Crippen LogP contribution in [0.1, 0.15) is 53.1 Å². The summed E-state index contributed by atoms with van der Waals surface area (Å²) in [6, 6.07) is 28.8. The van der Waals surface area contributed by atoms with E-state index in [0.29, 0.717) is 53.6 Å². The van der Waals surface area contributed by atoms with Crippen LogP contribution in [0.3, 0.4) is 0 Å². The Morgan fingerprint density at radius 1 is 0.870 bits per heavy atom. The van der Waals surface area contributed by atoms with E-state index in [4.69, 9.17) is 37.4 Å². The topological polar surface area (TPSA) is 64.1 Å². The third-order valence-electron chi connectivity index (χ3n) is 9.33. The van der Waals surface area contributed by atoms with Gasteiger partial charge in [-0.05, 0) is 83.1 Å². The molecule has 1 saturated heterocycles. The van der Waals surface area contributed by atoms with Crippen molar-refractivity contribution in [2.24, 2.45) is 0 Å². The van der Waals surface area contributed by atoms with E-state index in [1.54, 1.807) is 42.5 Å². The Labute approximate surface area is 326 Å². The highest BCUT2D eigenvalue weighted by Crippen LogP contribution is 2.34. The second-order valence-electron chi connectivity index (χ2n) is 13.7. The van der Waals surface area contributed by atoms with E-state index in [1.165, 1.54) is 29.0 Å². The summed E-state index contributed by atoms with van der Waals surface area (Å²) in [5, 5.41) is 0.437. The summed E-state index contributed by atoms with van der Waals surface area (Å²) in [5.41, 5.74) is 5.74. The summed E-state index contributed by atoms with van der Waals surface area (Å²) in [4.78, 5) is 21.6. The van der Waals surface area contributed by atoms with Crippen molar-refractivity contribution in [3.05, 3.63) is 153 Å². The SMILES string of the molecule is Cc1cc(C=CC(=O)N2CCN(Cc3ccc(CCOc4ccc(C(C)C)cc4)cc3)CC2)cc(Cl)c1Oc1ccc(OCc2cccc(Cl)c2F)cn1. The number of hydrogen-bond donors (Lipinski definition) is 0. The maximum absolute atomic E-state index is 14.2. The number of carbonyl (C=O) groups is 1. The third-order valence-corrected chi connectivity index (χ3v) is 9.90. The summed E-state index contributed by atoms with van der Waals surface area (Å²) < 4.78 is 31.7. The van der Waals surface area contributed by atoms with Gasteiger partial charge in [0.25, 0.3) is 0 Å². The van der Waals surface area contributed by atoms with E-state index in [1.807, 2.05) is 30.0 Å². The van der Waals surface area contributed by atoms with Crippen LogP contribution in [0, 0.1) is 12.7 Å². The Morgan fingerprint density at radius 2 is 1.59 bits per heavy atom.